The van der Waals surface area contributed by atoms with Gasteiger partial charge in [0.25, 0.3) is 5.91 Å². The summed E-state index contributed by atoms with van der Waals surface area (Å²) >= 11 is 0. The van der Waals surface area contributed by atoms with Crippen LogP contribution in [0.25, 0.3) is 0 Å². The second-order valence-electron chi connectivity index (χ2n) is 7.90. The van der Waals surface area contributed by atoms with Crippen molar-refractivity contribution < 1.29 is 23.5 Å². The van der Waals surface area contributed by atoms with E-state index in [9.17, 15) is 18.8 Å². The second kappa shape index (κ2) is 8.37. The Labute approximate surface area is 179 Å². The number of methoxy groups -OCH3 is 1. The lowest BCUT2D eigenvalue weighted by Gasteiger charge is -2.37. The molecule has 2 aliphatic rings. The fourth-order valence-electron chi connectivity index (χ4n) is 4.19. The monoisotopic (exact) mass is 425 g/mol. The Morgan fingerprint density at radius 3 is 2.45 bits per heavy atom. The summed E-state index contributed by atoms with van der Waals surface area (Å²) in [4.78, 5) is 41.2. The first-order valence-electron chi connectivity index (χ1n) is 10.2. The minimum Gasteiger partial charge on any atom is -0.496 e. The van der Waals surface area contributed by atoms with Crippen LogP contribution in [0, 0.1) is 5.82 Å². The molecule has 0 atom stereocenters. The van der Waals surface area contributed by atoms with Crippen molar-refractivity contribution in [1.29, 1.82) is 0 Å². The lowest BCUT2D eigenvalue weighted by molar-refractivity contribution is -0.138. The lowest BCUT2D eigenvalue weighted by Crippen LogP contribution is -2.56. The molecule has 2 aliphatic heterocycles. The summed E-state index contributed by atoms with van der Waals surface area (Å²) < 4.78 is 18.4. The molecule has 0 unspecified atom stereocenters. The van der Waals surface area contributed by atoms with Gasteiger partial charge in [-0.1, -0.05) is 30.3 Å². The van der Waals surface area contributed by atoms with Gasteiger partial charge in [0.2, 0.25) is 5.91 Å². The van der Waals surface area contributed by atoms with Crippen LogP contribution in [-0.4, -0.2) is 53.4 Å². The zero-order valence-corrected chi connectivity index (χ0v) is 17.3. The number of nitrogens with one attached hydrogen (secondary N) is 1. The van der Waals surface area contributed by atoms with Gasteiger partial charge in [-0.15, -0.1) is 0 Å². The van der Waals surface area contributed by atoms with Gasteiger partial charge >= 0.3 is 6.03 Å². The molecule has 0 saturated carbocycles. The van der Waals surface area contributed by atoms with E-state index in [2.05, 4.69) is 5.32 Å². The van der Waals surface area contributed by atoms with E-state index in [-0.39, 0.29) is 30.6 Å². The molecule has 2 aromatic carbocycles. The fraction of sp³-hybridized carbons (Fsp3) is 0.348. The van der Waals surface area contributed by atoms with Gasteiger partial charge in [-0.3, -0.25) is 14.5 Å². The molecule has 7 nitrogen and oxygen atoms in total. The Kier molecular flexibility index (Phi) is 5.63. The summed E-state index contributed by atoms with van der Waals surface area (Å²) in [6.45, 7) is 0.845. The third-order valence-electron chi connectivity index (χ3n) is 6.00. The quantitative estimate of drug-likeness (QED) is 0.747. The van der Waals surface area contributed by atoms with Crippen LogP contribution in [0.2, 0.25) is 0 Å². The first-order valence-corrected chi connectivity index (χ1v) is 10.2. The van der Waals surface area contributed by atoms with Crippen LogP contribution in [-0.2, 0) is 22.6 Å². The highest BCUT2D eigenvalue weighted by Crippen LogP contribution is 2.31. The highest BCUT2D eigenvalue weighted by atomic mass is 19.1. The molecule has 1 spiro atoms. The molecular formula is C23H24FN3O4. The molecule has 0 radical (unpaired) electrons. The van der Waals surface area contributed by atoms with Crippen molar-refractivity contribution in [2.24, 2.45) is 0 Å². The fourth-order valence-corrected chi connectivity index (χ4v) is 4.19. The molecule has 4 rings (SSSR count). The Balaban J connectivity index is 1.39. The summed E-state index contributed by atoms with van der Waals surface area (Å²) in [6, 6.07) is 12.6. The number of rotatable bonds is 5. The van der Waals surface area contributed by atoms with Gasteiger partial charge in [0, 0.05) is 18.7 Å². The Hall–Kier alpha value is -3.42. The lowest BCUT2D eigenvalue weighted by atomic mass is 9.87. The number of likely N-dealkylation sites (tertiary alicyclic amines) is 1. The molecule has 162 valence electrons. The van der Waals surface area contributed by atoms with Gasteiger partial charge in [0.1, 0.15) is 17.1 Å². The van der Waals surface area contributed by atoms with E-state index >= 15 is 0 Å². The second-order valence-corrected chi connectivity index (χ2v) is 7.90. The molecule has 2 fully saturated rings. The largest absolute Gasteiger partial charge is 0.496 e. The number of hydrogen-bond acceptors (Lipinski definition) is 4. The first kappa shape index (κ1) is 20.8. The molecule has 0 aliphatic carbocycles. The maximum Gasteiger partial charge on any atom is 0.325 e. The first-order chi connectivity index (χ1) is 14.9. The highest BCUT2D eigenvalue weighted by Gasteiger charge is 2.52. The number of carbonyl (C=O) groups is 3. The van der Waals surface area contributed by atoms with Crippen molar-refractivity contribution in [1.82, 2.24) is 15.1 Å². The number of ether oxygens (including phenoxy) is 1. The number of urea groups is 1. The third-order valence-corrected chi connectivity index (χ3v) is 6.00. The van der Waals surface area contributed by atoms with Crippen LogP contribution >= 0.6 is 0 Å². The number of carbonyl (C=O) groups excluding carboxylic acids is 3. The maximum atomic E-state index is 13.1. The predicted octanol–water partition coefficient (Wildman–Crippen LogP) is 2.49. The molecule has 4 amide bonds. The molecule has 0 aromatic heterocycles. The molecule has 8 heteroatoms. The summed E-state index contributed by atoms with van der Waals surface area (Å²) in [6.07, 6.45) is 0.929. The summed E-state index contributed by atoms with van der Waals surface area (Å²) in [5, 5.41) is 2.83. The molecule has 1 N–H and O–H groups in total. The van der Waals surface area contributed by atoms with Crippen molar-refractivity contribution in [2.75, 3.05) is 20.2 Å². The zero-order valence-electron chi connectivity index (χ0n) is 17.3. The molecule has 2 heterocycles. The van der Waals surface area contributed by atoms with E-state index in [0.717, 1.165) is 5.56 Å². The van der Waals surface area contributed by atoms with E-state index in [1.165, 1.54) is 17.0 Å². The molecule has 2 saturated heterocycles. The minimum atomic E-state index is -0.988. The number of imide groups is 1. The van der Waals surface area contributed by atoms with Gasteiger partial charge in [0.15, 0.2) is 0 Å². The zero-order chi connectivity index (χ0) is 22.0. The van der Waals surface area contributed by atoms with Crippen LogP contribution < -0.4 is 10.1 Å². The Bertz CT molecular complexity index is 1000. The van der Waals surface area contributed by atoms with Crippen LogP contribution in [0.5, 0.6) is 5.75 Å². The van der Waals surface area contributed by atoms with Crippen molar-refractivity contribution in [3.05, 3.63) is 65.5 Å². The topological polar surface area (TPSA) is 79.0 Å². The Morgan fingerprint density at radius 1 is 1.10 bits per heavy atom. The van der Waals surface area contributed by atoms with Crippen molar-refractivity contribution >= 4 is 17.8 Å². The number of hydrogen-bond donors (Lipinski definition) is 1. The van der Waals surface area contributed by atoms with E-state index in [1.807, 2.05) is 24.3 Å². The van der Waals surface area contributed by atoms with E-state index < -0.39 is 11.6 Å². The normalized spacial score (nSPS) is 17.7. The van der Waals surface area contributed by atoms with Crippen molar-refractivity contribution in [2.45, 2.75) is 31.3 Å². The van der Waals surface area contributed by atoms with Gasteiger partial charge in [-0.2, -0.15) is 0 Å². The van der Waals surface area contributed by atoms with Crippen LogP contribution in [0.3, 0.4) is 0 Å². The average molecular weight is 425 g/mol. The number of nitrogens with zero attached hydrogens (tertiary/aromatic N) is 2. The van der Waals surface area contributed by atoms with E-state index in [1.54, 1.807) is 24.1 Å². The van der Waals surface area contributed by atoms with Gasteiger partial charge in [0.05, 0.1) is 20.1 Å². The van der Waals surface area contributed by atoms with Gasteiger partial charge < -0.3 is 15.0 Å². The number of piperidine rings is 1. The number of amides is 4. The van der Waals surface area contributed by atoms with E-state index in [0.29, 0.717) is 37.2 Å². The summed E-state index contributed by atoms with van der Waals surface area (Å²) in [7, 11) is 1.57. The average Bonchev–Trinajstić information content (AvgIpc) is 3.00. The molecular weight excluding hydrogens is 401 g/mol. The van der Waals surface area contributed by atoms with Crippen LogP contribution in [0.1, 0.15) is 24.0 Å². The van der Waals surface area contributed by atoms with Gasteiger partial charge in [-0.25, -0.2) is 9.18 Å². The van der Waals surface area contributed by atoms with E-state index in [4.69, 9.17) is 4.74 Å². The van der Waals surface area contributed by atoms with Crippen LogP contribution in [0.15, 0.2) is 48.5 Å². The smallest absolute Gasteiger partial charge is 0.325 e. The SMILES string of the molecule is COc1ccccc1CC(=O)N1CCC2(CC1)NC(=O)N(Cc1ccc(F)cc1)C2=O. The van der Waals surface area contributed by atoms with Crippen molar-refractivity contribution in [3.8, 4) is 5.75 Å². The van der Waals surface area contributed by atoms with Crippen molar-refractivity contribution in [3.63, 3.8) is 0 Å². The Morgan fingerprint density at radius 2 is 1.77 bits per heavy atom. The number of para-hydroxylation sites is 1. The van der Waals surface area contributed by atoms with Crippen LogP contribution in [0.4, 0.5) is 9.18 Å². The molecule has 2 aromatic rings. The summed E-state index contributed by atoms with van der Waals surface area (Å²) in [5.41, 5.74) is 0.496. The minimum absolute atomic E-state index is 0.0423. The van der Waals surface area contributed by atoms with Gasteiger partial charge in [-0.05, 0) is 36.6 Å². The highest BCUT2D eigenvalue weighted by molar-refractivity contribution is 6.07. The predicted molar refractivity (Wildman–Crippen MR) is 111 cm³/mol. The standard InChI is InChI=1S/C23H24FN3O4/c1-31-19-5-3-2-4-17(19)14-20(28)26-12-10-23(11-13-26)21(29)27(22(30)25-23)15-16-6-8-18(24)9-7-16/h2-9H,10-15H2,1H3,(H,25,30). The maximum absolute atomic E-state index is 13.1. The summed E-state index contributed by atoms with van der Waals surface area (Å²) in [5.74, 6) is -0.0421. The third kappa shape index (κ3) is 4.10. The number of halogens is 1. The molecule has 31 heavy (non-hydrogen) atoms. The molecule has 0 bridgehead atoms. The number of benzene rings is 2.